The summed E-state index contributed by atoms with van der Waals surface area (Å²) < 4.78 is 45.6. The molecule has 0 bridgehead atoms. The van der Waals surface area contributed by atoms with Crippen molar-refractivity contribution in [3.8, 4) is 0 Å². The van der Waals surface area contributed by atoms with Crippen LogP contribution in [-0.2, 0) is 4.74 Å². The molecule has 126 valence electrons. The van der Waals surface area contributed by atoms with Crippen LogP contribution in [0.1, 0.15) is 23.3 Å². The molecule has 0 aromatic carbocycles. The summed E-state index contributed by atoms with van der Waals surface area (Å²) in [6.45, 7) is -1.30. The smallest absolute Gasteiger partial charge is 0.404 e. The van der Waals surface area contributed by atoms with Crippen LogP contribution in [0.2, 0.25) is 5.15 Å². The van der Waals surface area contributed by atoms with Crippen molar-refractivity contribution in [2.45, 2.75) is 24.8 Å². The normalized spacial score (nSPS) is 20.2. The first kappa shape index (κ1) is 17.3. The summed E-state index contributed by atoms with van der Waals surface area (Å²) in [5.74, 6) is -5.17. The zero-order valence-corrected chi connectivity index (χ0v) is 12.5. The van der Waals surface area contributed by atoms with Gasteiger partial charge in [0.2, 0.25) is 0 Å². The van der Waals surface area contributed by atoms with E-state index >= 15 is 0 Å². The number of likely N-dealkylation sites (tertiary alicyclic amines) is 1. The van der Waals surface area contributed by atoms with Gasteiger partial charge in [0, 0.05) is 6.42 Å². The molecule has 1 fully saturated rings. The first-order chi connectivity index (χ1) is 10.7. The van der Waals surface area contributed by atoms with Crippen LogP contribution < -0.4 is 5.73 Å². The summed E-state index contributed by atoms with van der Waals surface area (Å²) >= 11 is 5.61. The minimum atomic E-state index is -3.13. The van der Waals surface area contributed by atoms with Crippen molar-refractivity contribution < 1.29 is 27.5 Å². The Morgan fingerprint density at radius 2 is 2.17 bits per heavy atom. The summed E-state index contributed by atoms with van der Waals surface area (Å²) in [5, 5.41) is -0.150. The topological polar surface area (TPSA) is 85.5 Å². The third-order valence-electron chi connectivity index (χ3n) is 3.38. The number of alkyl halides is 2. The quantitative estimate of drug-likeness (QED) is 0.846. The lowest BCUT2D eigenvalue weighted by Gasteiger charge is -2.38. The molecule has 0 aliphatic carbocycles. The number of pyridine rings is 1. The van der Waals surface area contributed by atoms with Gasteiger partial charge in [-0.1, -0.05) is 11.6 Å². The SMILES string of the molecule is NC(=O)OCC1CCC(F)(F)CN1C(=O)c1nc(Cl)ccc1F. The number of carbonyl (C=O) groups excluding carboxylic acids is 2. The molecule has 1 saturated heterocycles. The molecule has 23 heavy (non-hydrogen) atoms. The number of nitrogens with zero attached hydrogens (tertiary/aromatic N) is 2. The van der Waals surface area contributed by atoms with E-state index in [9.17, 15) is 22.8 Å². The number of amides is 2. The molecule has 2 amide bonds. The summed E-state index contributed by atoms with van der Waals surface area (Å²) in [4.78, 5) is 27.3. The highest BCUT2D eigenvalue weighted by Gasteiger charge is 2.43. The van der Waals surface area contributed by atoms with Gasteiger partial charge in [-0.05, 0) is 18.6 Å². The van der Waals surface area contributed by atoms with E-state index in [1.54, 1.807) is 0 Å². The van der Waals surface area contributed by atoms with E-state index in [0.717, 1.165) is 17.0 Å². The average Bonchev–Trinajstić information content (AvgIpc) is 2.47. The summed E-state index contributed by atoms with van der Waals surface area (Å²) in [5.41, 5.74) is 4.17. The molecule has 10 heteroatoms. The van der Waals surface area contributed by atoms with E-state index in [1.807, 2.05) is 0 Å². The number of hydrogen-bond donors (Lipinski definition) is 1. The summed E-state index contributed by atoms with van der Waals surface area (Å²) in [6.07, 6.45) is -1.72. The van der Waals surface area contributed by atoms with Crippen LogP contribution in [0.3, 0.4) is 0 Å². The second-order valence-corrected chi connectivity index (χ2v) is 5.46. The Hall–Kier alpha value is -2.03. The minimum absolute atomic E-state index is 0.131. The second-order valence-electron chi connectivity index (χ2n) is 5.08. The van der Waals surface area contributed by atoms with E-state index < -0.39 is 48.4 Å². The monoisotopic (exact) mass is 351 g/mol. The highest BCUT2D eigenvalue weighted by molar-refractivity contribution is 6.29. The van der Waals surface area contributed by atoms with E-state index in [0.29, 0.717) is 0 Å². The Labute approximate surface area is 134 Å². The fourth-order valence-electron chi connectivity index (χ4n) is 2.28. The van der Waals surface area contributed by atoms with Gasteiger partial charge in [0.1, 0.15) is 11.8 Å². The molecule has 0 saturated carbocycles. The Morgan fingerprint density at radius 1 is 1.48 bits per heavy atom. The molecule has 1 aromatic heterocycles. The fourth-order valence-corrected chi connectivity index (χ4v) is 2.43. The number of piperidine rings is 1. The predicted octanol–water partition coefficient (Wildman–Crippen LogP) is 2.21. The third kappa shape index (κ3) is 4.25. The van der Waals surface area contributed by atoms with Crippen molar-refractivity contribution in [1.29, 1.82) is 0 Å². The van der Waals surface area contributed by atoms with Gasteiger partial charge in [-0.3, -0.25) is 4.79 Å². The maximum absolute atomic E-state index is 13.7. The molecular weight excluding hydrogens is 339 g/mol. The molecule has 2 rings (SSSR count). The second kappa shape index (κ2) is 6.61. The Balaban J connectivity index is 2.27. The Morgan fingerprint density at radius 3 is 2.83 bits per heavy atom. The maximum Gasteiger partial charge on any atom is 0.404 e. The number of aromatic nitrogens is 1. The van der Waals surface area contributed by atoms with Crippen LogP contribution in [-0.4, -0.2) is 47.0 Å². The molecule has 1 aliphatic heterocycles. The third-order valence-corrected chi connectivity index (χ3v) is 3.59. The molecule has 1 unspecified atom stereocenters. The molecule has 2 N–H and O–H groups in total. The molecule has 1 aromatic rings. The zero-order valence-electron chi connectivity index (χ0n) is 11.8. The van der Waals surface area contributed by atoms with Crippen LogP contribution in [0, 0.1) is 5.82 Å². The standard InChI is InChI=1S/C13H13ClF3N3O3/c14-9-2-1-8(15)10(19-9)11(21)20-6-13(16,17)4-3-7(20)5-23-12(18)22/h1-2,7H,3-6H2,(H2,18,22). The van der Waals surface area contributed by atoms with Gasteiger partial charge in [0.25, 0.3) is 11.8 Å². The van der Waals surface area contributed by atoms with Crippen LogP contribution in [0.4, 0.5) is 18.0 Å². The van der Waals surface area contributed by atoms with Gasteiger partial charge in [-0.2, -0.15) is 0 Å². The molecule has 6 nitrogen and oxygen atoms in total. The first-order valence-corrected chi connectivity index (χ1v) is 7.00. The largest absolute Gasteiger partial charge is 0.448 e. The van der Waals surface area contributed by atoms with E-state index in [2.05, 4.69) is 9.72 Å². The van der Waals surface area contributed by atoms with E-state index in [4.69, 9.17) is 17.3 Å². The number of ether oxygens (including phenoxy) is 1. The van der Waals surface area contributed by atoms with Crippen molar-refractivity contribution in [2.75, 3.05) is 13.2 Å². The lowest BCUT2D eigenvalue weighted by molar-refractivity contribution is -0.0790. The van der Waals surface area contributed by atoms with Gasteiger partial charge in [-0.15, -0.1) is 0 Å². The van der Waals surface area contributed by atoms with Crippen molar-refractivity contribution in [3.05, 3.63) is 28.8 Å². The maximum atomic E-state index is 13.7. The molecule has 1 aliphatic rings. The lowest BCUT2D eigenvalue weighted by Crippen LogP contribution is -2.53. The highest BCUT2D eigenvalue weighted by atomic mass is 35.5. The van der Waals surface area contributed by atoms with Gasteiger partial charge in [-0.25, -0.2) is 22.9 Å². The highest BCUT2D eigenvalue weighted by Crippen LogP contribution is 2.31. The fraction of sp³-hybridized carbons (Fsp3) is 0.462. The summed E-state index contributed by atoms with van der Waals surface area (Å²) in [7, 11) is 0. The molecular formula is C13H13ClF3N3O3. The van der Waals surface area contributed by atoms with Gasteiger partial charge in [0.05, 0.1) is 12.6 Å². The van der Waals surface area contributed by atoms with Crippen LogP contribution in [0.5, 0.6) is 0 Å². The number of carbonyl (C=O) groups is 2. The van der Waals surface area contributed by atoms with Crippen molar-refractivity contribution in [3.63, 3.8) is 0 Å². The number of hydrogen-bond acceptors (Lipinski definition) is 4. The summed E-state index contributed by atoms with van der Waals surface area (Å²) in [6, 6.07) is 1.20. The van der Waals surface area contributed by atoms with Crippen LogP contribution in [0.15, 0.2) is 12.1 Å². The molecule has 1 atom stereocenters. The first-order valence-electron chi connectivity index (χ1n) is 6.63. The lowest BCUT2D eigenvalue weighted by atomic mass is 9.99. The van der Waals surface area contributed by atoms with Crippen LogP contribution >= 0.6 is 11.6 Å². The van der Waals surface area contributed by atoms with E-state index in [1.165, 1.54) is 0 Å². The number of nitrogens with two attached hydrogens (primary N) is 1. The zero-order chi connectivity index (χ0) is 17.2. The van der Waals surface area contributed by atoms with E-state index in [-0.39, 0.29) is 18.2 Å². The molecule has 0 spiro atoms. The average molecular weight is 352 g/mol. The number of primary amides is 1. The van der Waals surface area contributed by atoms with Crippen LogP contribution in [0.25, 0.3) is 0 Å². The molecule has 2 heterocycles. The molecule has 0 radical (unpaired) electrons. The number of rotatable bonds is 3. The Kier molecular flexibility index (Phi) is 4.98. The number of halogens is 4. The van der Waals surface area contributed by atoms with Gasteiger partial charge >= 0.3 is 6.09 Å². The van der Waals surface area contributed by atoms with Crippen molar-refractivity contribution in [1.82, 2.24) is 9.88 Å². The minimum Gasteiger partial charge on any atom is -0.448 e. The van der Waals surface area contributed by atoms with Crippen molar-refractivity contribution >= 4 is 23.6 Å². The predicted molar refractivity (Wildman–Crippen MR) is 73.7 cm³/mol. The van der Waals surface area contributed by atoms with Gasteiger partial charge in [0.15, 0.2) is 11.5 Å². The Bertz CT molecular complexity index is 630. The van der Waals surface area contributed by atoms with Crippen molar-refractivity contribution in [2.24, 2.45) is 5.73 Å². The van der Waals surface area contributed by atoms with Gasteiger partial charge < -0.3 is 15.4 Å².